The van der Waals surface area contributed by atoms with Gasteiger partial charge in [0.25, 0.3) is 0 Å². The summed E-state index contributed by atoms with van der Waals surface area (Å²) in [5, 5.41) is 7.49. The van der Waals surface area contributed by atoms with Gasteiger partial charge in [0.05, 0.1) is 11.9 Å². The zero-order chi connectivity index (χ0) is 16.4. The van der Waals surface area contributed by atoms with Crippen LogP contribution in [0.3, 0.4) is 0 Å². The molecule has 128 valence electrons. The minimum atomic E-state index is 0.0939. The summed E-state index contributed by atoms with van der Waals surface area (Å²) in [6.07, 6.45) is 6.08. The summed E-state index contributed by atoms with van der Waals surface area (Å²) in [7, 11) is 1.93. The van der Waals surface area contributed by atoms with Crippen LogP contribution in [0.1, 0.15) is 26.7 Å². The van der Waals surface area contributed by atoms with Gasteiger partial charge in [-0.2, -0.15) is 16.9 Å². The lowest BCUT2D eigenvalue weighted by atomic mass is 10.1. The fourth-order valence-corrected chi connectivity index (χ4v) is 4.47. The minimum absolute atomic E-state index is 0.0939. The van der Waals surface area contributed by atoms with Crippen molar-refractivity contribution in [1.82, 2.24) is 20.0 Å². The second-order valence-electron chi connectivity index (χ2n) is 7.14. The van der Waals surface area contributed by atoms with Gasteiger partial charge in [-0.3, -0.25) is 4.68 Å². The largest absolute Gasteiger partial charge is 0.367 e. The number of aromatic nitrogens is 2. The number of amides is 2. The van der Waals surface area contributed by atoms with Crippen LogP contribution in [0, 0.1) is 0 Å². The Labute approximate surface area is 142 Å². The van der Waals surface area contributed by atoms with Crippen molar-refractivity contribution in [1.29, 1.82) is 0 Å². The van der Waals surface area contributed by atoms with Crippen LogP contribution in [0.25, 0.3) is 0 Å². The van der Waals surface area contributed by atoms with E-state index in [9.17, 15) is 4.79 Å². The van der Waals surface area contributed by atoms with Crippen LogP contribution in [0.2, 0.25) is 0 Å². The summed E-state index contributed by atoms with van der Waals surface area (Å²) in [5.41, 5.74) is 1.14. The first-order valence-corrected chi connectivity index (χ1v) is 9.34. The average Bonchev–Trinajstić information content (AvgIpc) is 2.93. The molecule has 1 aromatic heterocycles. The molecule has 0 bridgehead atoms. The van der Waals surface area contributed by atoms with E-state index in [1.165, 1.54) is 0 Å². The molecule has 7 heteroatoms. The Kier molecular flexibility index (Phi) is 4.75. The van der Waals surface area contributed by atoms with Crippen LogP contribution in [0.4, 0.5) is 10.5 Å². The van der Waals surface area contributed by atoms with Gasteiger partial charge in [0.2, 0.25) is 0 Å². The molecule has 3 heterocycles. The van der Waals surface area contributed by atoms with Gasteiger partial charge in [0.1, 0.15) is 0 Å². The SMILES string of the molecule is Cn1cc(N2CCC[C@H](NC(=O)N3CCSC(C)(C)C3)C2)cn1. The molecule has 0 spiro atoms. The summed E-state index contributed by atoms with van der Waals surface area (Å²) in [6, 6.07) is 0.311. The third-order valence-corrected chi connectivity index (χ3v) is 5.82. The van der Waals surface area contributed by atoms with Gasteiger partial charge in [-0.25, -0.2) is 4.79 Å². The second-order valence-corrected chi connectivity index (χ2v) is 8.94. The molecule has 0 unspecified atom stereocenters. The Hall–Kier alpha value is -1.37. The molecule has 1 N–H and O–H groups in total. The molecular weight excluding hydrogens is 310 g/mol. The third kappa shape index (κ3) is 4.13. The smallest absolute Gasteiger partial charge is 0.317 e. The Morgan fingerprint density at radius 1 is 1.43 bits per heavy atom. The molecule has 23 heavy (non-hydrogen) atoms. The van der Waals surface area contributed by atoms with Gasteiger partial charge in [0.15, 0.2) is 0 Å². The van der Waals surface area contributed by atoms with Gasteiger partial charge >= 0.3 is 6.03 Å². The van der Waals surface area contributed by atoms with Crippen molar-refractivity contribution in [2.75, 3.05) is 36.8 Å². The molecule has 2 aliphatic heterocycles. The highest BCUT2D eigenvalue weighted by atomic mass is 32.2. The van der Waals surface area contributed by atoms with Gasteiger partial charge < -0.3 is 15.1 Å². The summed E-state index contributed by atoms with van der Waals surface area (Å²) < 4.78 is 1.98. The lowest BCUT2D eigenvalue weighted by Gasteiger charge is -2.39. The number of nitrogens with one attached hydrogen (secondary N) is 1. The summed E-state index contributed by atoms with van der Waals surface area (Å²) in [4.78, 5) is 16.9. The molecule has 6 nitrogen and oxygen atoms in total. The highest BCUT2D eigenvalue weighted by Crippen LogP contribution is 2.29. The predicted octanol–water partition coefficient (Wildman–Crippen LogP) is 1.93. The van der Waals surface area contributed by atoms with E-state index >= 15 is 0 Å². The Bertz CT molecular complexity index is 558. The first kappa shape index (κ1) is 16.5. The summed E-state index contributed by atoms with van der Waals surface area (Å²) >= 11 is 1.95. The molecule has 0 saturated carbocycles. The molecule has 1 aromatic rings. The fraction of sp³-hybridized carbons (Fsp3) is 0.750. The second kappa shape index (κ2) is 6.63. The Morgan fingerprint density at radius 3 is 2.96 bits per heavy atom. The average molecular weight is 337 g/mol. The minimum Gasteiger partial charge on any atom is -0.367 e. The lowest BCUT2D eigenvalue weighted by Crippen LogP contribution is -2.55. The van der Waals surface area contributed by atoms with Crippen LogP contribution in [0.5, 0.6) is 0 Å². The van der Waals surface area contributed by atoms with Gasteiger partial charge in [-0.15, -0.1) is 0 Å². The maximum absolute atomic E-state index is 12.6. The molecule has 0 aromatic carbocycles. The zero-order valence-electron chi connectivity index (χ0n) is 14.3. The fourth-order valence-electron chi connectivity index (χ4n) is 3.36. The number of hydrogen-bond donors (Lipinski definition) is 1. The Morgan fingerprint density at radius 2 is 2.26 bits per heavy atom. The molecule has 1 atom stereocenters. The van der Waals surface area contributed by atoms with E-state index in [0.29, 0.717) is 0 Å². The highest BCUT2D eigenvalue weighted by Gasteiger charge is 2.31. The van der Waals surface area contributed by atoms with Gasteiger partial charge in [0, 0.05) is 56.0 Å². The maximum Gasteiger partial charge on any atom is 0.317 e. The molecule has 0 radical (unpaired) electrons. The van der Waals surface area contributed by atoms with Crippen molar-refractivity contribution in [3.8, 4) is 0 Å². The number of piperidine rings is 1. The Balaban J connectivity index is 1.56. The van der Waals surface area contributed by atoms with E-state index < -0.39 is 0 Å². The molecule has 2 fully saturated rings. The van der Waals surface area contributed by atoms with E-state index in [2.05, 4.69) is 29.2 Å². The number of thioether (sulfide) groups is 1. The quantitative estimate of drug-likeness (QED) is 0.896. The molecule has 2 saturated heterocycles. The van der Waals surface area contributed by atoms with Gasteiger partial charge in [-0.1, -0.05) is 0 Å². The standard InChI is InChI=1S/C16H27N5OS/c1-16(2)12-21(7-8-23-16)15(22)18-13-5-4-6-20(10-13)14-9-17-19(3)11-14/h9,11,13H,4-8,10,12H2,1-3H3,(H,18,22)/t13-/m0/s1. The number of carbonyl (C=O) groups excluding carboxylic acids is 1. The van der Waals surface area contributed by atoms with E-state index in [1.54, 1.807) is 0 Å². The van der Waals surface area contributed by atoms with Crippen LogP contribution < -0.4 is 10.2 Å². The first-order chi connectivity index (χ1) is 10.9. The molecule has 2 aliphatic rings. The van der Waals surface area contributed by atoms with Crippen LogP contribution >= 0.6 is 11.8 Å². The summed E-state index contributed by atoms with van der Waals surface area (Å²) in [5.74, 6) is 1.02. The van der Waals surface area contributed by atoms with Crippen molar-refractivity contribution in [2.45, 2.75) is 37.5 Å². The van der Waals surface area contributed by atoms with Crippen molar-refractivity contribution in [3.05, 3.63) is 12.4 Å². The van der Waals surface area contributed by atoms with Crippen molar-refractivity contribution in [2.24, 2.45) is 7.05 Å². The van der Waals surface area contributed by atoms with Crippen LogP contribution in [-0.2, 0) is 7.05 Å². The number of rotatable bonds is 2. The van der Waals surface area contributed by atoms with E-state index in [0.717, 1.165) is 50.5 Å². The molecular formula is C16H27N5OS. The number of hydrogen-bond acceptors (Lipinski definition) is 4. The number of carbonyl (C=O) groups is 1. The molecule has 3 rings (SSSR count). The van der Waals surface area contributed by atoms with Crippen molar-refractivity contribution in [3.63, 3.8) is 0 Å². The number of anilines is 1. The monoisotopic (exact) mass is 337 g/mol. The number of aryl methyl sites for hydroxylation is 1. The van der Waals surface area contributed by atoms with Crippen LogP contribution in [0.15, 0.2) is 12.4 Å². The van der Waals surface area contributed by atoms with Gasteiger partial charge in [-0.05, 0) is 26.7 Å². The van der Waals surface area contributed by atoms with Crippen molar-refractivity contribution >= 4 is 23.5 Å². The third-order valence-electron chi connectivity index (χ3n) is 4.52. The van der Waals surface area contributed by atoms with E-state index in [-0.39, 0.29) is 16.8 Å². The maximum atomic E-state index is 12.6. The predicted molar refractivity (Wildman–Crippen MR) is 95.1 cm³/mol. The number of nitrogens with zero attached hydrogens (tertiary/aromatic N) is 4. The number of urea groups is 1. The molecule has 0 aliphatic carbocycles. The normalized spacial score (nSPS) is 24.6. The summed E-state index contributed by atoms with van der Waals surface area (Å²) in [6.45, 7) is 7.99. The molecule has 2 amide bonds. The first-order valence-electron chi connectivity index (χ1n) is 8.36. The highest BCUT2D eigenvalue weighted by molar-refractivity contribution is 8.00. The van der Waals surface area contributed by atoms with E-state index in [1.807, 2.05) is 40.8 Å². The lowest BCUT2D eigenvalue weighted by molar-refractivity contribution is 0.189. The zero-order valence-corrected chi connectivity index (χ0v) is 15.1. The van der Waals surface area contributed by atoms with E-state index in [4.69, 9.17) is 0 Å². The van der Waals surface area contributed by atoms with Crippen molar-refractivity contribution < 1.29 is 4.79 Å². The topological polar surface area (TPSA) is 53.4 Å². The van der Waals surface area contributed by atoms with Crippen LogP contribution in [-0.4, -0.2) is 63.4 Å².